The van der Waals surface area contributed by atoms with E-state index in [0.717, 1.165) is 0 Å². The molecule has 0 aliphatic rings. The summed E-state index contributed by atoms with van der Waals surface area (Å²) in [6, 6.07) is 3.55. The number of ether oxygens (including phenoxy) is 1. The van der Waals surface area contributed by atoms with Gasteiger partial charge in [0.05, 0.1) is 13.7 Å². The third kappa shape index (κ3) is 3.59. The molecule has 0 radical (unpaired) electrons. The van der Waals surface area contributed by atoms with Crippen LogP contribution in [0.5, 0.6) is 11.5 Å². The standard InChI is InChI=1S/C13H19NO5/c1-3-14(6-7-15)12(13(17)18)9-4-5-10(16)11(8-9)19-2/h4-5,8,12,15-16H,3,6-7H2,1-2H3,(H,17,18). The lowest BCUT2D eigenvalue weighted by Crippen LogP contribution is -2.36. The Morgan fingerprint density at radius 3 is 2.63 bits per heavy atom. The van der Waals surface area contributed by atoms with Crippen LogP contribution in [0, 0.1) is 0 Å². The molecule has 0 fully saturated rings. The number of carbonyl (C=O) groups is 1. The zero-order valence-electron chi connectivity index (χ0n) is 11.0. The maximum absolute atomic E-state index is 11.4. The van der Waals surface area contributed by atoms with Gasteiger partial charge < -0.3 is 20.1 Å². The highest BCUT2D eigenvalue weighted by Crippen LogP contribution is 2.31. The molecular weight excluding hydrogens is 250 g/mol. The van der Waals surface area contributed by atoms with Crippen molar-refractivity contribution in [2.24, 2.45) is 0 Å². The molecule has 0 aromatic heterocycles. The van der Waals surface area contributed by atoms with Crippen LogP contribution in [0.15, 0.2) is 18.2 Å². The summed E-state index contributed by atoms with van der Waals surface area (Å²) in [6.07, 6.45) is 0. The fraction of sp³-hybridized carbons (Fsp3) is 0.462. The number of aliphatic hydroxyl groups is 1. The Balaban J connectivity index is 3.14. The summed E-state index contributed by atoms with van der Waals surface area (Å²) in [5.74, 6) is -0.826. The van der Waals surface area contributed by atoms with E-state index in [4.69, 9.17) is 9.84 Å². The SMILES string of the molecule is CCN(CCO)C(C(=O)O)c1ccc(O)c(OC)c1. The van der Waals surface area contributed by atoms with E-state index in [1.807, 2.05) is 6.92 Å². The van der Waals surface area contributed by atoms with Crippen molar-refractivity contribution in [2.75, 3.05) is 26.8 Å². The number of methoxy groups -OCH3 is 1. The molecule has 0 saturated carbocycles. The molecule has 0 amide bonds. The van der Waals surface area contributed by atoms with Crippen LogP contribution in [-0.2, 0) is 4.79 Å². The van der Waals surface area contributed by atoms with Gasteiger partial charge in [0.1, 0.15) is 6.04 Å². The second kappa shape index (κ2) is 6.96. The first-order valence-electron chi connectivity index (χ1n) is 5.99. The lowest BCUT2D eigenvalue weighted by Gasteiger charge is -2.27. The maximum Gasteiger partial charge on any atom is 0.325 e. The van der Waals surface area contributed by atoms with E-state index >= 15 is 0 Å². The second-order valence-electron chi connectivity index (χ2n) is 4.02. The smallest absolute Gasteiger partial charge is 0.325 e. The molecule has 1 aromatic carbocycles. The number of carboxylic acids is 1. The third-order valence-electron chi connectivity index (χ3n) is 2.91. The lowest BCUT2D eigenvalue weighted by molar-refractivity contribution is -0.143. The predicted molar refractivity (Wildman–Crippen MR) is 69.4 cm³/mol. The molecule has 19 heavy (non-hydrogen) atoms. The number of rotatable bonds is 7. The van der Waals surface area contributed by atoms with E-state index in [-0.39, 0.29) is 24.7 Å². The van der Waals surface area contributed by atoms with Crippen LogP contribution in [0.25, 0.3) is 0 Å². The van der Waals surface area contributed by atoms with Crippen LogP contribution in [0.3, 0.4) is 0 Å². The zero-order chi connectivity index (χ0) is 14.4. The molecule has 0 saturated heterocycles. The van der Waals surface area contributed by atoms with Gasteiger partial charge in [-0.15, -0.1) is 0 Å². The van der Waals surface area contributed by atoms with Crippen LogP contribution in [-0.4, -0.2) is 53.0 Å². The Kier molecular flexibility index (Phi) is 5.59. The Bertz CT molecular complexity index is 435. The maximum atomic E-state index is 11.4. The zero-order valence-corrected chi connectivity index (χ0v) is 11.0. The van der Waals surface area contributed by atoms with Gasteiger partial charge in [0.2, 0.25) is 0 Å². The summed E-state index contributed by atoms with van der Waals surface area (Å²) in [5.41, 5.74) is 0.498. The van der Waals surface area contributed by atoms with Crippen molar-refractivity contribution in [3.8, 4) is 11.5 Å². The molecule has 1 rings (SSSR count). The number of carboxylic acid groups (broad SMARTS) is 1. The largest absolute Gasteiger partial charge is 0.504 e. The Morgan fingerprint density at radius 1 is 1.47 bits per heavy atom. The molecule has 0 aliphatic heterocycles. The van der Waals surface area contributed by atoms with Crippen molar-refractivity contribution in [2.45, 2.75) is 13.0 Å². The normalized spacial score (nSPS) is 12.4. The summed E-state index contributed by atoms with van der Waals surface area (Å²) in [6.45, 7) is 2.45. The Labute approximate surface area is 111 Å². The highest BCUT2D eigenvalue weighted by molar-refractivity contribution is 5.76. The molecule has 1 unspecified atom stereocenters. The Morgan fingerprint density at radius 2 is 2.16 bits per heavy atom. The number of nitrogens with zero attached hydrogens (tertiary/aromatic N) is 1. The molecule has 0 heterocycles. The van der Waals surface area contributed by atoms with Crippen LogP contribution in [0.1, 0.15) is 18.5 Å². The van der Waals surface area contributed by atoms with Gasteiger partial charge in [0.25, 0.3) is 0 Å². The van der Waals surface area contributed by atoms with Crippen LogP contribution in [0.2, 0.25) is 0 Å². The highest BCUT2D eigenvalue weighted by Gasteiger charge is 2.26. The summed E-state index contributed by atoms with van der Waals surface area (Å²) < 4.78 is 4.98. The molecule has 0 bridgehead atoms. The molecule has 0 aliphatic carbocycles. The summed E-state index contributed by atoms with van der Waals surface area (Å²) in [5, 5.41) is 27.9. The number of likely N-dealkylation sites (N-methyl/N-ethyl adjacent to an activating group) is 1. The van der Waals surface area contributed by atoms with Gasteiger partial charge in [0.15, 0.2) is 11.5 Å². The first-order valence-corrected chi connectivity index (χ1v) is 5.99. The molecule has 1 aromatic rings. The Hall–Kier alpha value is -1.79. The van der Waals surface area contributed by atoms with Crippen molar-refractivity contribution in [1.29, 1.82) is 0 Å². The highest BCUT2D eigenvalue weighted by atomic mass is 16.5. The molecular formula is C13H19NO5. The van der Waals surface area contributed by atoms with E-state index in [0.29, 0.717) is 12.1 Å². The molecule has 106 valence electrons. The van der Waals surface area contributed by atoms with Gasteiger partial charge >= 0.3 is 5.97 Å². The van der Waals surface area contributed by atoms with Crippen molar-refractivity contribution >= 4 is 5.97 Å². The minimum atomic E-state index is -1.01. The first-order chi connectivity index (χ1) is 9.04. The van der Waals surface area contributed by atoms with E-state index in [9.17, 15) is 15.0 Å². The average molecular weight is 269 g/mol. The second-order valence-corrected chi connectivity index (χ2v) is 4.02. The number of phenols is 1. The van der Waals surface area contributed by atoms with Gasteiger partial charge in [-0.05, 0) is 24.2 Å². The van der Waals surface area contributed by atoms with E-state index in [1.165, 1.54) is 25.3 Å². The minimum absolute atomic E-state index is 0.0411. The monoisotopic (exact) mass is 269 g/mol. The molecule has 1 atom stereocenters. The number of aliphatic hydroxyl groups excluding tert-OH is 1. The third-order valence-corrected chi connectivity index (χ3v) is 2.91. The quantitative estimate of drug-likeness (QED) is 0.679. The number of hydrogen-bond donors (Lipinski definition) is 3. The fourth-order valence-corrected chi connectivity index (χ4v) is 1.97. The number of phenolic OH excluding ortho intramolecular Hbond substituents is 1. The van der Waals surface area contributed by atoms with Crippen LogP contribution < -0.4 is 4.74 Å². The van der Waals surface area contributed by atoms with Gasteiger partial charge in [-0.1, -0.05) is 13.0 Å². The fourth-order valence-electron chi connectivity index (χ4n) is 1.97. The van der Waals surface area contributed by atoms with E-state index in [1.54, 1.807) is 4.90 Å². The molecule has 3 N–H and O–H groups in total. The topological polar surface area (TPSA) is 90.2 Å². The number of hydrogen-bond acceptors (Lipinski definition) is 5. The van der Waals surface area contributed by atoms with Gasteiger partial charge in [-0.3, -0.25) is 9.69 Å². The van der Waals surface area contributed by atoms with Gasteiger partial charge in [0, 0.05) is 6.54 Å². The van der Waals surface area contributed by atoms with Crippen LogP contribution in [0.4, 0.5) is 0 Å². The summed E-state index contributed by atoms with van der Waals surface area (Å²) >= 11 is 0. The molecule has 6 heteroatoms. The van der Waals surface area contributed by atoms with Crippen LogP contribution >= 0.6 is 0 Å². The van der Waals surface area contributed by atoms with Crippen molar-refractivity contribution in [3.63, 3.8) is 0 Å². The first kappa shape index (κ1) is 15.3. The van der Waals surface area contributed by atoms with Gasteiger partial charge in [-0.25, -0.2) is 0 Å². The molecule has 0 spiro atoms. The average Bonchev–Trinajstić information content (AvgIpc) is 2.39. The lowest BCUT2D eigenvalue weighted by atomic mass is 10.0. The molecule has 6 nitrogen and oxygen atoms in total. The van der Waals surface area contributed by atoms with Crippen molar-refractivity contribution < 1.29 is 24.9 Å². The summed E-state index contributed by atoms with van der Waals surface area (Å²) in [7, 11) is 1.40. The van der Waals surface area contributed by atoms with E-state index < -0.39 is 12.0 Å². The number of aromatic hydroxyl groups is 1. The predicted octanol–water partition coefficient (Wildman–Crippen LogP) is 0.841. The summed E-state index contributed by atoms with van der Waals surface area (Å²) in [4.78, 5) is 13.1. The van der Waals surface area contributed by atoms with Crippen molar-refractivity contribution in [3.05, 3.63) is 23.8 Å². The number of aliphatic carboxylic acids is 1. The van der Waals surface area contributed by atoms with E-state index in [2.05, 4.69) is 0 Å². The minimum Gasteiger partial charge on any atom is -0.504 e. The van der Waals surface area contributed by atoms with Gasteiger partial charge in [-0.2, -0.15) is 0 Å². The number of benzene rings is 1. The van der Waals surface area contributed by atoms with Crippen molar-refractivity contribution in [1.82, 2.24) is 4.90 Å².